The normalized spacial score (nSPS) is 26.5. The van der Waals surface area contributed by atoms with E-state index < -0.39 is 5.60 Å². The molecule has 2 rings (SSSR count). The molecule has 0 bridgehead atoms. The van der Waals surface area contributed by atoms with E-state index in [1.807, 2.05) is 14.1 Å². The van der Waals surface area contributed by atoms with Gasteiger partial charge in [0.2, 0.25) is 0 Å². The Bertz CT molecular complexity index is 416. The summed E-state index contributed by atoms with van der Waals surface area (Å²) in [6, 6.07) is 8.56. The highest BCUT2D eigenvalue weighted by Gasteiger charge is 2.31. The van der Waals surface area contributed by atoms with Crippen LogP contribution in [0.4, 0.5) is 5.69 Å². The number of anilines is 1. The summed E-state index contributed by atoms with van der Waals surface area (Å²) < 4.78 is 0. The minimum absolute atomic E-state index is 0.499. The number of hydrogen-bond donors (Lipinski definition) is 2. The molecule has 0 heterocycles. The molecule has 0 aliphatic heterocycles. The monoisotopic (exact) mass is 276 g/mol. The van der Waals surface area contributed by atoms with Gasteiger partial charge in [-0.2, -0.15) is 0 Å². The molecule has 1 fully saturated rings. The van der Waals surface area contributed by atoms with E-state index in [1.165, 1.54) is 17.7 Å². The van der Waals surface area contributed by atoms with Gasteiger partial charge in [0.25, 0.3) is 0 Å². The summed E-state index contributed by atoms with van der Waals surface area (Å²) in [5.74, 6) is 0.648. The molecule has 1 saturated carbocycles. The fraction of sp³-hybridized carbons (Fsp3) is 0.647. The van der Waals surface area contributed by atoms with Crippen molar-refractivity contribution in [3.8, 4) is 0 Å². The van der Waals surface area contributed by atoms with Crippen LogP contribution in [0.5, 0.6) is 0 Å². The lowest BCUT2D eigenvalue weighted by Crippen LogP contribution is -2.43. The van der Waals surface area contributed by atoms with Crippen LogP contribution in [0.15, 0.2) is 24.3 Å². The standard InChI is InChI=1S/C17H28N2O/c1-14-5-4-10-17(20,11-14)13-18-12-15-6-8-16(9-7-15)19(2)3/h6-9,14,18,20H,4-5,10-13H2,1-3H3. The van der Waals surface area contributed by atoms with Crippen molar-refractivity contribution in [2.75, 3.05) is 25.5 Å². The van der Waals surface area contributed by atoms with Gasteiger partial charge in [0.05, 0.1) is 5.60 Å². The fourth-order valence-corrected chi connectivity index (χ4v) is 3.14. The van der Waals surface area contributed by atoms with Crippen LogP contribution in [-0.4, -0.2) is 31.3 Å². The van der Waals surface area contributed by atoms with Crippen molar-refractivity contribution in [3.05, 3.63) is 29.8 Å². The molecule has 3 nitrogen and oxygen atoms in total. The largest absolute Gasteiger partial charge is 0.389 e. The summed E-state index contributed by atoms with van der Waals surface area (Å²) in [5.41, 5.74) is 1.98. The Morgan fingerprint density at radius 2 is 2.00 bits per heavy atom. The number of hydrogen-bond acceptors (Lipinski definition) is 3. The Balaban J connectivity index is 1.80. The molecule has 1 aliphatic rings. The predicted octanol–water partition coefficient (Wildman–Crippen LogP) is 2.78. The lowest BCUT2D eigenvalue weighted by atomic mass is 9.79. The van der Waals surface area contributed by atoms with Gasteiger partial charge in [-0.05, 0) is 36.5 Å². The average molecular weight is 276 g/mol. The maximum absolute atomic E-state index is 10.6. The van der Waals surface area contributed by atoms with E-state index in [1.54, 1.807) is 0 Å². The zero-order valence-corrected chi connectivity index (χ0v) is 13.0. The van der Waals surface area contributed by atoms with Crippen molar-refractivity contribution in [3.63, 3.8) is 0 Å². The van der Waals surface area contributed by atoms with E-state index in [0.29, 0.717) is 12.5 Å². The molecule has 1 aliphatic carbocycles. The van der Waals surface area contributed by atoms with Crippen molar-refractivity contribution in [1.29, 1.82) is 0 Å². The van der Waals surface area contributed by atoms with Crippen LogP contribution in [0.3, 0.4) is 0 Å². The van der Waals surface area contributed by atoms with Gasteiger partial charge in [-0.25, -0.2) is 0 Å². The molecule has 2 unspecified atom stereocenters. The van der Waals surface area contributed by atoms with Gasteiger partial charge in [0.15, 0.2) is 0 Å². The first-order chi connectivity index (χ1) is 9.48. The maximum Gasteiger partial charge on any atom is 0.0774 e. The maximum atomic E-state index is 10.6. The fourth-order valence-electron chi connectivity index (χ4n) is 3.14. The first kappa shape index (κ1) is 15.3. The number of aliphatic hydroxyl groups is 1. The predicted molar refractivity (Wildman–Crippen MR) is 85.1 cm³/mol. The van der Waals surface area contributed by atoms with Crippen LogP contribution < -0.4 is 10.2 Å². The van der Waals surface area contributed by atoms with Crippen LogP contribution in [0.1, 0.15) is 38.2 Å². The van der Waals surface area contributed by atoms with Gasteiger partial charge in [0, 0.05) is 32.9 Å². The van der Waals surface area contributed by atoms with E-state index in [9.17, 15) is 5.11 Å². The summed E-state index contributed by atoms with van der Waals surface area (Å²) in [7, 11) is 4.10. The van der Waals surface area contributed by atoms with Gasteiger partial charge < -0.3 is 15.3 Å². The second-order valence-electron chi connectivity index (χ2n) is 6.59. The van der Waals surface area contributed by atoms with E-state index in [4.69, 9.17) is 0 Å². The van der Waals surface area contributed by atoms with E-state index in [-0.39, 0.29) is 0 Å². The number of nitrogens with zero attached hydrogens (tertiary/aromatic N) is 1. The van der Waals surface area contributed by atoms with Gasteiger partial charge in [-0.1, -0.05) is 31.9 Å². The SMILES string of the molecule is CC1CCCC(O)(CNCc2ccc(N(C)C)cc2)C1. The van der Waals surface area contributed by atoms with Crippen LogP contribution in [0, 0.1) is 5.92 Å². The first-order valence-electron chi connectivity index (χ1n) is 7.68. The summed E-state index contributed by atoms with van der Waals surface area (Å²) in [6.45, 7) is 3.77. The van der Waals surface area contributed by atoms with Crippen molar-refractivity contribution in [2.24, 2.45) is 5.92 Å². The Hall–Kier alpha value is -1.06. The van der Waals surface area contributed by atoms with E-state index >= 15 is 0 Å². The average Bonchev–Trinajstić information content (AvgIpc) is 2.38. The van der Waals surface area contributed by atoms with Crippen LogP contribution in [0.2, 0.25) is 0 Å². The smallest absolute Gasteiger partial charge is 0.0774 e. The molecule has 1 aromatic carbocycles. The molecule has 2 N–H and O–H groups in total. The summed E-state index contributed by atoms with van der Waals surface area (Å²) in [5, 5.41) is 14.0. The van der Waals surface area contributed by atoms with E-state index in [0.717, 1.165) is 25.8 Å². The van der Waals surface area contributed by atoms with Crippen LogP contribution in [0.25, 0.3) is 0 Å². The molecule has 3 heteroatoms. The van der Waals surface area contributed by atoms with Crippen molar-refractivity contribution >= 4 is 5.69 Å². The molecule has 0 saturated heterocycles. The molecular formula is C17H28N2O. The van der Waals surface area contributed by atoms with Crippen molar-refractivity contribution in [1.82, 2.24) is 5.32 Å². The molecule has 0 aromatic heterocycles. The third-order valence-electron chi connectivity index (χ3n) is 4.30. The van der Waals surface area contributed by atoms with Crippen LogP contribution in [-0.2, 0) is 6.54 Å². The third kappa shape index (κ3) is 4.22. The van der Waals surface area contributed by atoms with Crippen molar-refractivity contribution in [2.45, 2.75) is 44.8 Å². The molecule has 0 radical (unpaired) electrons. The Kier molecular flexibility index (Phi) is 5.06. The topological polar surface area (TPSA) is 35.5 Å². The van der Waals surface area contributed by atoms with Gasteiger partial charge in [0.1, 0.15) is 0 Å². The summed E-state index contributed by atoms with van der Waals surface area (Å²) in [4.78, 5) is 2.10. The highest BCUT2D eigenvalue weighted by Crippen LogP contribution is 2.31. The molecule has 1 aromatic rings. The number of nitrogens with one attached hydrogen (secondary N) is 1. The van der Waals surface area contributed by atoms with E-state index in [2.05, 4.69) is 41.4 Å². The Morgan fingerprint density at radius 1 is 1.30 bits per heavy atom. The van der Waals surface area contributed by atoms with Gasteiger partial charge >= 0.3 is 0 Å². The highest BCUT2D eigenvalue weighted by molar-refractivity contribution is 5.45. The number of benzene rings is 1. The molecule has 0 spiro atoms. The lowest BCUT2D eigenvalue weighted by Gasteiger charge is -2.35. The quantitative estimate of drug-likeness (QED) is 0.868. The summed E-state index contributed by atoms with van der Waals surface area (Å²) >= 11 is 0. The first-order valence-corrected chi connectivity index (χ1v) is 7.68. The summed E-state index contributed by atoms with van der Waals surface area (Å²) in [6.07, 6.45) is 4.27. The second kappa shape index (κ2) is 6.59. The zero-order valence-electron chi connectivity index (χ0n) is 13.0. The zero-order chi connectivity index (χ0) is 14.6. The van der Waals surface area contributed by atoms with Gasteiger partial charge in [-0.3, -0.25) is 0 Å². The molecule has 2 atom stereocenters. The van der Waals surface area contributed by atoms with Crippen LogP contribution >= 0.6 is 0 Å². The minimum atomic E-state index is -0.499. The second-order valence-corrected chi connectivity index (χ2v) is 6.59. The molecule has 0 amide bonds. The lowest BCUT2D eigenvalue weighted by molar-refractivity contribution is -0.0119. The van der Waals surface area contributed by atoms with Gasteiger partial charge in [-0.15, -0.1) is 0 Å². The van der Waals surface area contributed by atoms with Crippen molar-refractivity contribution < 1.29 is 5.11 Å². The number of rotatable bonds is 5. The molecular weight excluding hydrogens is 248 g/mol. The molecule has 20 heavy (non-hydrogen) atoms. The minimum Gasteiger partial charge on any atom is -0.389 e. The highest BCUT2D eigenvalue weighted by atomic mass is 16.3. The Morgan fingerprint density at radius 3 is 2.60 bits per heavy atom. The third-order valence-corrected chi connectivity index (χ3v) is 4.30. The molecule has 112 valence electrons. The Labute approximate surface area is 123 Å².